The minimum Gasteiger partial charge on any atom is -0.321 e. The van der Waals surface area contributed by atoms with E-state index in [2.05, 4.69) is 18.4 Å². The van der Waals surface area contributed by atoms with Gasteiger partial charge >= 0.3 is 0 Å². The van der Waals surface area contributed by atoms with E-state index in [-0.39, 0.29) is 5.82 Å². The summed E-state index contributed by atoms with van der Waals surface area (Å²) in [6.45, 7) is 4.08. The van der Waals surface area contributed by atoms with Crippen molar-refractivity contribution in [1.82, 2.24) is 0 Å². The summed E-state index contributed by atoms with van der Waals surface area (Å²) in [5, 5.41) is 2.10. The zero-order chi connectivity index (χ0) is 12.5. The lowest BCUT2D eigenvalue weighted by Crippen LogP contribution is -2.35. The molecule has 2 N–H and O–H groups in total. The fourth-order valence-corrected chi connectivity index (χ4v) is 2.72. The van der Waals surface area contributed by atoms with Gasteiger partial charge in [0.1, 0.15) is 5.82 Å². The maximum absolute atomic E-state index is 12.8. The Morgan fingerprint density at radius 1 is 1.29 bits per heavy atom. The summed E-state index contributed by atoms with van der Waals surface area (Å²) in [5.74, 6) is -0.209. The van der Waals surface area contributed by atoms with E-state index in [1.54, 1.807) is 23.5 Å². The number of benzene rings is 1. The van der Waals surface area contributed by atoms with Crippen molar-refractivity contribution in [3.8, 4) is 0 Å². The van der Waals surface area contributed by atoms with Crippen molar-refractivity contribution in [3.05, 3.63) is 57.5 Å². The molecule has 0 spiro atoms. The fraction of sp³-hybridized carbons (Fsp3) is 0.286. The summed E-state index contributed by atoms with van der Waals surface area (Å²) >= 11 is 1.70. The van der Waals surface area contributed by atoms with Gasteiger partial charge in [-0.2, -0.15) is 0 Å². The second-order valence-corrected chi connectivity index (χ2v) is 5.78. The van der Waals surface area contributed by atoms with E-state index in [1.807, 2.05) is 6.92 Å². The van der Waals surface area contributed by atoms with Crippen molar-refractivity contribution in [2.75, 3.05) is 0 Å². The van der Waals surface area contributed by atoms with Gasteiger partial charge in [-0.3, -0.25) is 0 Å². The maximum Gasteiger partial charge on any atom is 0.123 e. The molecule has 1 unspecified atom stereocenters. The van der Waals surface area contributed by atoms with Crippen LogP contribution in [-0.4, -0.2) is 0 Å². The van der Waals surface area contributed by atoms with Crippen LogP contribution in [-0.2, 0) is 12.0 Å². The average molecular weight is 249 g/mol. The number of nitrogens with two attached hydrogens (primary N) is 1. The van der Waals surface area contributed by atoms with Gasteiger partial charge in [0, 0.05) is 10.4 Å². The molecule has 0 fully saturated rings. The van der Waals surface area contributed by atoms with Crippen molar-refractivity contribution < 1.29 is 4.39 Å². The van der Waals surface area contributed by atoms with E-state index in [0.717, 1.165) is 11.1 Å². The molecule has 0 saturated heterocycles. The van der Waals surface area contributed by atoms with Crippen LogP contribution in [0.15, 0.2) is 35.7 Å². The molecule has 3 heteroatoms. The maximum atomic E-state index is 12.8. The van der Waals surface area contributed by atoms with E-state index in [1.165, 1.54) is 17.0 Å². The zero-order valence-corrected chi connectivity index (χ0v) is 10.9. The number of hydrogen-bond donors (Lipinski definition) is 1. The van der Waals surface area contributed by atoms with Gasteiger partial charge in [-0.15, -0.1) is 11.3 Å². The lowest BCUT2D eigenvalue weighted by molar-refractivity contribution is 0.492. The summed E-state index contributed by atoms with van der Waals surface area (Å²) in [6.07, 6.45) is 0.712. The minimum atomic E-state index is -0.400. The highest BCUT2D eigenvalue weighted by Crippen LogP contribution is 2.27. The van der Waals surface area contributed by atoms with Gasteiger partial charge in [0.15, 0.2) is 0 Å². The van der Waals surface area contributed by atoms with E-state index >= 15 is 0 Å². The molecule has 0 radical (unpaired) electrons. The standard InChI is InChI=1S/C14H16FNS/c1-10-7-12(9-17-10)14(2,16)8-11-3-5-13(15)6-4-11/h3-7,9H,8,16H2,1-2H3. The van der Waals surface area contributed by atoms with Crippen molar-refractivity contribution in [2.24, 2.45) is 5.73 Å². The third-order valence-electron chi connectivity index (χ3n) is 2.87. The minimum absolute atomic E-state index is 0.209. The molecule has 0 aliphatic carbocycles. The van der Waals surface area contributed by atoms with Crippen LogP contribution in [0.5, 0.6) is 0 Å². The molecule has 0 amide bonds. The molecule has 1 atom stereocenters. The summed E-state index contributed by atoms with van der Waals surface area (Å²) in [4.78, 5) is 1.26. The van der Waals surface area contributed by atoms with Crippen molar-refractivity contribution in [1.29, 1.82) is 0 Å². The Morgan fingerprint density at radius 2 is 1.94 bits per heavy atom. The molecule has 1 aromatic heterocycles. The van der Waals surface area contributed by atoms with Gasteiger partial charge < -0.3 is 5.73 Å². The average Bonchev–Trinajstić information content (AvgIpc) is 2.69. The Balaban J connectivity index is 2.19. The Bertz CT molecular complexity index is 499. The van der Waals surface area contributed by atoms with Crippen LogP contribution in [0.4, 0.5) is 4.39 Å². The number of halogens is 1. The van der Waals surface area contributed by atoms with E-state index in [0.29, 0.717) is 6.42 Å². The molecule has 90 valence electrons. The number of aryl methyl sites for hydroxylation is 1. The summed E-state index contributed by atoms with van der Waals surface area (Å²) in [5.41, 5.74) is 8.13. The number of thiophene rings is 1. The van der Waals surface area contributed by atoms with Crippen LogP contribution in [0.3, 0.4) is 0 Å². The molecule has 1 nitrogen and oxygen atoms in total. The second-order valence-electron chi connectivity index (χ2n) is 4.67. The molecule has 0 aliphatic heterocycles. The van der Waals surface area contributed by atoms with E-state index < -0.39 is 5.54 Å². The highest BCUT2D eigenvalue weighted by atomic mass is 32.1. The third-order valence-corrected chi connectivity index (χ3v) is 3.74. The molecule has 1 heterocycles. The predicted octanol–water partition coefficient (Wildman–Crippen LogP) is 3.61. The Morgan fingerprint density at radius 3 is 2.47 bits per heavy atom. The Labute approximate surface area is 105 Å². The lowest BCUT2D eigenvalue weighted by Gasteiger charge is -2.24. The number of rotatable bonds is 3. The van der Waals surface area contributed by atoms with Crippen molar-refractivity contribution in [3.63, 3.8) is 0 Å². The third kappa shape index (κ3) is 2.93. The predicted molar refractivity (Wildman–Crippen MR) is 70.7 cm³/mol. The second kappa shape index (κ2) is 4.59. The largest absolute Gasteiger partial charge is 0.321 e. The summed E-state index contributed by atoms with van der Waals surface area (Å²) in [7, 11) is 0. The van der Waals surface area contributed by atoms with Gasteiger partial charge in [-0.05, 0) is 55.0 Å². The summed E-state index contributed by atoms with van der Waals surface area (Å²) in [6, 6.07) is 8.65. The molecule has 0 bridgehead atoms. The topological polar surface area (TPSA) is 26.0 Å². The van der Waals surface area contributed by atoms with Gasteiger partial charge in [0.05, 0.1) is 0 Å². The molecule has 0 aliphatic rings. The molecular weight excluding hydrogens is 233 g/mol. The first-order valence-electron chi connectivity index (χ1n) is 5.56. The van der Waals surface area contributed by atoms with Gasteiger partial charge in [-0.1, -0.05) is 12.1 Å². The Kier molecular flexibility index (Phi) is 3.31. The van der Waals surface area contributed by atoms with Crippen LogP contribution in [0, 0.1) is 12.7 Å². The molecule has 2 rings (SSSR count). The lowest BCUT2D eigenvalue weighted by atomic mass is 9.88. The molecular formula is C14H16FNS. The summed E-state index contributed by atoms with van der Waals surface area (Å²) < 4.78 is 12.8. The highest BCUT2D eigenvalue weighted by molar-refractivity contribution is 7.10. The SMILES string of the molecule is Cc1cc(C(C)(N)Cc2ccc(F)cc2)cs1. The van der Waals surface area contributed by atoms with Gasteiger partial charge in [0.25, 0.3) is 0 Å². The van der Waals surface area contributed by atoms with Crippen molar-refractivity contribution in [2.45, 2.75) is 25.8 Å². The molecule has 1 aromatic carbocycles. The number of hydrogen-bond acceptors (Lipinski definition) is 2. The quantitative estimate of drug-likeness (QED) is 0.883. The Hall–Kier alpha value is -1.19. The van der Waals surface area contributed by atoms with Crippen LogP contribution in [0.2, 0.25) is 0 Å². The fourth-order valence-electron chi connectivity index (χ4n) is 1.87. The molecule has 2 aromatic rings. The smallest absolute Gasteiger partial charge is 0.123 e. The van der Waals surface area contributed by atoms with Gasteiger partial charge in [0.2, 0.25) is 0 Å². The first-order valence-corrected chi connectivity index (χ1v) is 6.44. The zero-order valence-electron chi connectivity index (χ0n) is 10.0. The first-order chi connectivity index (χ1) is 7.97. The van der Waals surface area contributed by atoms with E-state index in [4.69, 9.17) is 5.73 Å². The monoisotopic (exact) mass is 249 g/mol. The van der Waals surface area contributed by atoms with Crippen LogP contribution >= 0.6 is 11.3 Å². The van der Waals surface area contributed by atoms with Gasteiger partial charge in [-0.25, -0.2) is 4.39 Å². The normalized spacial score (nSPS) is 14.6. The van der Waals surface area contributed by atoms with Crippen molar-refractivity contribution >= 4 is 11.3 Å². The van der Waals surface area contributed by atoms with Crippen LogP contribution in [0.1, 0.15) is 22.9 Å². The first kappa shape index (κ1) is 12.3. The van der Waals surface area contributed by atoms with Crippen LogP contribution < -0.4 is 5.73 Å². The molecule has 0 saturated carbocycles. The highest BCUT2D eigenvalue weighted by Gasteiger charge is 2.22. The van der Waals surface area contributed by atoms with E-state index in [9.17, 15) is 4.39 Å². The molecule has 17 heavy (non-hydrogen) atoms. The van der Waals surface area contributed by atoms with Crippen LogP contribution in [0.25, 0.3) is 0 Å².